The predicted octanol–water partition coefficient (Wildman–Crippen LogP) is 2.35. The predicted molar refractivity (Wildman–Crippen MR) is 67.2 cm³/mol. The molecule has 0 aliphatic carbocycles. The van der Waals surface area contributed by atoms with Gasteiger partial charge in [-0.15, -0.1) is 0 Å². The van der Waals surface area contributed by atoms with Crippen molar-refractivity contribution in [2.45, 2.75) is 40.5 Å². The number of hydrogen-bond donors (Lipinski definition) is 1. The van der Waals surface area contributed by atoms with Gasteiger partial charge in [0.15, 0.2) is 0 Å². The summed E-state index contributed by atoms with van der Waals surface area (Å²) in [7, 11) is 0. The molecule has 1 aliphatic rings. The van der Waals surface area contributed by atoms with Crippen molar-refractivity contribution in [1.29, 1.82) is 0 Å². The highest BCUT2D eigenvalue weighted by molar-refractivity contribution is 4.89. The van der Waals surface area contributed by atoms with Gasteiger partial charge < -0.3 is 10.2 Å². The van der Waals surface area contributed by atoms with Crippen LogP contribution in [0.1, 0.15) is 40.5 Å². The SMILES string of the molecule is CCN(CC(C)C)CC1(CC)CCNC1. The van der Waals surface area contributed by atoms with Crippen molar-refractivity contribution < 1.29 is 0 Å². The zero-order valence-corrected chi connectivity index (χ0v) is 11.0. The van der Waals surface area contributed by atoms with Gasteiger partial charge in [0.1, 0.15) is 0 Å². The van der Waals surface area contributed by atoms with Crippen LogP contribution < -0.4 is 5.32 Å². The first kappa shape index (κ1) is 13.0. The molecule has 1 unspecified atom stereocenters. The highest BCUT2D eigenvalue weighted by Gasteiger charge is 2.33. The molecule has 1 saturated heterocycles. The van der Waals surface area contributed by atoms with E-state index in [4.69, 9.17) is 0 Å². The van der Waals surface area contributed by atoms with Crippen molar-refractivity contribution in [2.75, 3.05) is 32.7 Å². The standard InChI is InChI=1S/C13H28N2/c1-5-13(7-8-14-10-13)11-15(6-2)9-12(3)4/h12,14H,5-11H2,1-4H3. The third kappa shape index (κ3) is 3.76. The Morgan fingerprint density at radius 2 is 2.07 bits per heavy atom. The fraction of sp³-hybridized carbons (Fsp3) is 1.00. The highest BCUT2D eigenvalue weighted by atomic mass is 15.1. The van der Waals surface area contributed by atoms with Crippen molar-refractivity contribution in [3.8, 4) is 0 Å². The molecule has 1 aliphatic heterocycles. The fourth-order valence-electron chi connectivity index (χ4n) is 2.64. The van der Waals surface area contributed by atoms with E-state index >= 15 is 0 Å². The van der Waals surface area contributed by atoms with Gasteiger partial charge in [0, 0.05) is 19.6 Å². The van der Waals surface area contributed by atoms with Crippen molar-refractivity contribution in [3.63, 3.8) is 0 Å². The Bertz CT molecular complexity index is 171. The molecule has 0 spiro atoms. The molecule has 0 saturated carbocycles. The quantitative estimate of drug-likeness (QED) is 0.727. The number of hydrogen-bond acceptors (Lipinski definition) is 2. The minimum atomic E-state index is 0.560. The normalized spacial score (nSPS) is 26.8. The maximum absolute atomic E-state index is 3.52. The van der Waals surface area contributed by atoms with Crippen LogP contribution in [0.25, 0.3) is 0 Å². The Hall–Kier alpha value is -0.0800. The Kier molecular flexibility index (Phi) is 5.07. The van der Waals surface area contributed by atoms with Gasteiger partial charge in [-0.2, -0.15) is 0 Å². The van der Waals surface area contributed by atoms with Crippen LogP contribution in [0.2, 0.25) is 0 Å². The molecule has 15 heavy (non-hydrogen) atoms. The largest absolute Gasteiger partial charge is 0.316 e. The third-order valence-corrected chi connectivity index (χ3v) is 3.71. The second-order valence-corrected chi connectivity index (χ2v) is 5.50. The van der Waals surface area contributed by atoms with E-state index in [1.165, 1.54) is 45.6 Å². The van der Waals surface area contributed by atoms with Gasteiger partial charge in [0.2, 0.25) is 0 Å². The minimum Gasteiger partial charge on any atom is -0.316 e. The van der Waals surface area contributed by atoms with E-state index in [1.807, 2.05) is 0 Å². The monoisotopic (exact) mass is 212 g/mol. The van der Waals surface area contributed by atoms with E-state index in [1.54, 1.807) is 0 Å². The molecule has 0 amide bonds. The van der Waals surface area contributed by atoms with Crippen LogP contribution in [0.5, 0.6) is 0 Å². The molecule has 1 N–H and O–H groups in total. The van der Waals surface area contributed by atoms with E-state index in [-0.39, 0.29) is 0 Å². The molecule has 0 aromatic carbocycles. The zero-order chi connectivity index (χ0) is 11.3. The summed E-state index contributed by atoms with van der Waals surface area (Å²) in [6, 6.07) is 0. The van der Waals surface area contributed by atoms with Crippen LogP contribution in [0.15, 0.2) is 0 Å². The van der Waals surface area contributed by atoms with Crippen LogP contribution in [-0.4, -0.2) is 37.6 Å². The Morgan fingerprint density at radius 3 is 2.47 bits per heavy atom. The zero-order valence-electron chi connectivity index (χ0n) is 11.0. The Labute approximate surface area is 95.4 Å². The summed E-state index contributed by atoms with van der Waals surface area (Å²) in [5.41, 5.74) is 0.560. The molecule has 2 nitrogen and oxygen atoms in total. The summed E-state index contributed by atoms with van der Waals surface area (Å²) in [5.74, 6) is 0.785. The van der Waals surface area contributed by atoms with Gasteiger partial charge in [0.25, 0.3) is 0 Å². The van der Waals surface area contributed by atoms with Crippen molar-refractivity contribution >= 4 is 0 Å². The van der Waals surface area contributed by atoms with E-state index in [9.17, 15) is 0 Å². The first-order valence-corrected chi connectivity index (χ1v) is 6.55. The second kappa shape index (κ2) is 5.86. The molecule has 90 valence electrons. The lowest BCUT2D eigenvalue weighted by atomic mass is 9.83. The molecule has 1 fully saturated rings. The summed E-state index contributed by atoms with van der Waals surface area (Å²) < 4.78 is 0. The Balaban J connectivity index is 2.48. The summed E-state index contributed by atoms with van der Waals surface area (Å²) in [6.45, 7) is 15.4. The van der Waals surface area contributed by atoms with Gasteiger partial charge in [0.05, 0.1) is 0 Å². The lowest BCUT2D eigenvalue weighted by Crippen LogP contribution is -2.40. The van der Waals surface area contributed by atoms with E-state index in [2.05, 4.69) is 37.9 Å². The lowest BCUT2D eigenvalue weighted by molar-refractivity contribution is 0.151. The van der Waals surface area contributed by atoms with Gasteiger partial charge in [-0.05, 0) is 37.3 Å². The maximum atomic E-state index is 3.52. The molecule has 0 bridgehead atoms. The summed E-state index contributed by atoms with van der Waals surface area (Å²) in [5, 5.41) is 3.52. The summed E-state index contributed by atoms with van der Waals surface area (Å²) in [6.07, 6.45) is 2.67. The molecule has 0 aromatic rings. The molecule has 1 rings (SSSR count). The second-order valence-electron chi connectivity index (χ2n) is 5.50. The fourth-order valence-corrected chi connectivity index (χ4v) is 2.64. The number of rotatable bonds is 6. The highest BCUT2D eigenvalue weighted by Crippen LogP contribution is 2.30. The number of nitrogens with one attached hydrogen (secondary N) is 1. The molecular weight excluding hydrogens is 184 g/mol. The maximum Gasteiger partial charge on any atom is 0.00505 e. The van der Waals surface area contributed by atoms with Crippen molar-refractivity contribution in [2.24, 2.45) is 11.3 Å². The summed E-state index contributed by atoms with van der Waals surface area (Å²) in [4.78, 5) is 2.63. The first-order valence-electron chi connectivity index (χ1n) is 6.55. The van der Waals surface area contributed by atoms with Crippen LogP contribution >= 0.6 is 0 Å². The third-order valence-electron chi connectivity index (χ3n) is 3.71. The minimum absolute atomic E-state index is 0.560. The molecule has 1 atom stereocenters. The van der Waals surface area contributed by atoms with Gasteiger partial charge in [-0.3, -0.25) is 0 Å². The summed E-state index contributed by atoms with van der Waals surface area (Å²) >= 11 is 0. The van der Waals surface area contributed by atoms with Gasteiger partial charge in [-0.25, -0.2) is 0 Å². The average molecular weight is 212 g/mol. The topological polar surface area (TPSA) is 15.3 Å². The van der Waals surface area contributed by atoms with Crippen LogP contribution in [0, 0.1) is 11.3 Å². The average Bonchev–Trinajstić information content (AvgIpc) is 2.65. The van der Waals surface area contributed by atoms with E-state index < -0.39 is 0 Å². The van der Waals surface area contributed by atoms with Crippen LogP contribution in [-0.2, 0) is 0 Å². The number of nitrogens with zero attached hydrogens (tertiary/aromatic N) is 1. The van der Waals surface area contributed by atoms with Gasteiger partial charge >= 0.3 is 0 Å². The van der Waals surface area contributed by atoms with Gasteiger partial charge in [-0.1, -0.05) is 27.7 Å². The van der Waals surface area contributed by atoms with Crippen LogP contribution in [0.4, 0.5) is 0 Å². The molecule has 1 heterocycles. The van der Waals surface area contributed by atoms with Crippen LogP contribution in [0.3, 0.4) is 0 Å². The molecule has 2 heteroatoms. The van der Waals surface area contributed by atoms with Crippen molar-refractivity contribution in [3.05, 3.63) is 0 Å². The molecular formula is C13H28N2. The van der Waals surface area contributed by atoms with Crippen molar-refractivity contribution in [1.82, 2.24) is 10.2 Å². The Morgan fingerprint density at radius 1 is 1.33 bits per heavy atom. The van der Waals surface area contributed by atoms with E-state index in [0.29, 0.717) is 5.41 Å². The smallest absolute Gasteiger partial charge is 0.00505 e. The molecule has 0 aromatic heterocycles. The van der Waals surface area contributed by atoms with E-state index in [0.717, 1.165) is 5.92 Å². The lowest BCUT2D eigenvalue weighted by Gasteiger charge is -2.34. The molecule has 0 radical (unpaired) electrons. The first-order chi connectivity index (χ1) is 7.12.